The van der Waals surface area contributed by atoms with E-state index in [1.54, 1.807) is 0 Å². The highest BCUT2D eigenvalue weighted by molar-refractivity contribution is 5.94. The van der Waals surface area contributed by atoms with E-state index in [4.69, 9.17) is 9.72 Å². The number of nitrogens with one attached hydrogen (secondary N) is 2. The van der Waals surface area contributed by atoms with Crippen molar-refractivity contribution < 1.29 is 9.53 Å². The molecule has 0 amide bonds. The number of fused-ring (bicyclic) bond motifs is 1. The number of hydrogen-bond acceptors (Lipinski definition) is 5. The number of aromatic nitrogens is 1. The summed E-state index contributed by atoms with van der Waals surface area (Å²) < 4.78 is 4.89. The van der Waals surface area contributed by atoms with Crippen molar-refractivity contribution in [2.24, 2.45) is 5.92 Å². The molecule has 1 aromatic heterocycles. The summed E-state index contributed by atoms with van der Waals surface area (Å²) in [4.78, 5) is 16.6. The lowest BCUT2D eigenvalue weighted by atomic mass is 10.1. The van der Waals surface area contributed by atoms with E-state index in [-0.39, 0.29) is 5.97 Å². The second kappa shape index (κ2) is 5.79. The van der Waals surface area contributed by atoms with E-state index in [0.29, 0.717) is 11.4 Å². The molecule has 2 aliphatic rings. The van der Waals surface area contributed by atoms with Crippen molar-refractivity contribution in [3.63, 3.8) is 0 Å². The number of esters is 1. The lowest BCUT2D eigenvalue weighted by Crippen LogP contribution is -2.16. The minimum absolute atomic E-state index is 0.309. The molecule has 0 bridgehead atoms. The average molecular weight is 275 g/mol. The molecule has 1 saturated carbocycles. The number of rotatable bonds is 4. The molecule has 2 heterocycles. The van der Waals surface area contributed by atoms with Crippen molar-refractivity contribution in [2.45, 2.75) is 25.7 Å². The molecule has 0 radical (unpaired) electrons. The Morgan fingerprint density at radius 3 is 3.00 bits per heavy atom. The van der Waals surface area contributed by atoms with Gasteiger partial charge in [-0.05, 0) is 43.4 Å². The van der Waals surface area contributed by atoms with Crippen molar-refractivity contribution in [3.8, 4) is 0 Å². The maximum absolute atomic E-state index is 11.9. The van der Waals surface area contributed by atoms with E-state index in [1.165, 1.54) is 20.0 Å². The smallest absolute Gasteiger partial charge is 0.341 e. The largest absolute Gasteiger partial charge is 0.465 e. The zero-order valence-corrected chi connectivity index (χ0v) is 11.9. The van der Waals surface area contributed by atoms with Gasteiger partial charge in [-0.3, -0.25) is 0 Å². The van der Waals surface area contributed by atoms with Gasteiger partial charge in [-0.2, -0.15) is 0 Å². The number of hydrogen-bond donors (Lipinski definition) is 2. The van der Waals surface area contributed by atoms with Crippen LogP contribution in [0.2, 0.25) is 0 Å². The monoisotopic (exact) mass is 275 g/mol. The van der Waals surface area contributed by atoms with Gasteiger partial charge in [-0.1, -0.05) is 0 Å². The zero-order valence-electron chi connectivity index (χ0n) is 11.9. The maximum atomic E-state index is 11.9. The van der Waals surface area contributed by atoms with Crippen molar-refractivity contribution >= 4 is 11.8 Å². The second-order valence-electron chi connectivity index (χ2n) is 5.56. The quantitative estimate of drug-likeness (QED) is 0.813. The molecule has 20 heavy (non-hydrogen) atoms. The third kappa shape index (κ3) is 2.93. The fraction of sp³-hybridized carbons (Fsp3) is 0.600. The van der Waals surface area contributed by atoms with Crippen LogP contribution in [0.3, 0.4) is 0 Å². The van der Waals surface area contributed by atoms with Gasteiger partial charge in [0.1, 0.15) is 11.4 Å². The average Bonchev–Trinajstić information content (AvgIpc) is 3.29. The lowest BCUT2D eigenvalue weighted by Gasteiger charge is -2.14. The summed E-state index contributed by atoms with van der Waals surface area (Å²) in [5.74, 6) is 1.11. The van der Waals surface area contributed by atoms with Crippen LogP contribution in [0.4, 0.5) is 5.82 Å². The van der Waals surface area contributed by atoms with Crippen LogP contribution in [0, 0.1) is 5.92 Å². The first-order valence-electron chi connectivity index (χ1n) is 7.33. The fourth-order valence-electron chi connectivity index (χ4n) is 2.54. The minimum Gasteiger partial charge on any atom is -0.465 e. The highest BCUT2D eigenvalue weighted by Gasteiger charge is 2.23. The number of pyridine rings is 1. The molecule has 108 valence electrons. The third-order valence-corrected chi connectivity index (χ3v) is 3.96. The molecule has 0 atom stereocenters. The molecule has 1 fully saturated rings. The highest BCUT2D eigenvalue weighted by atomic mass is 16.5. The number of methoxy groups -OCH3 is 1. The van der Waals surface area contributed by atoms with E-state index >= 15 is 0 Å². The standard InChI is InChI=1S/C15H21N3O2/c1-20-15(19)12-8-11-4-6-16-7-5-13(11)18-14(12)17-9-10-2-3-10/h8,10,16H,2-7,9H2,1H3,(H,17,18). The van der Waals surface area contributed by atoms with E-state index in [1.807, 2.05) is 6.07 Å². The van der Waals surface area contributed by atoms with Crippen LogP contribution >= 0.6 is 0 Å². The molecule has 0 saturated heterocycles. The Labute approximate surface area is 119 Å². The Kier molecular flexibility index (Phi) is 3.87. The topological polar surface area (TPSA) is 63.2 Å². The number of ether oxygens (including phenoxy) is 1. The first-order valence-corrected chi connectivity index (χ1v) is 7.33. The Morgan fingerprint density at radius 1 is 1.45 bits per heavy atom. The number of carbonyl (C=O) groups is 1. The van der Waals surface area contributed by atoms with Gasteiger partial charge < -0.3 is 15.4 Å². The van der Waals surface area contributed by atoms with Crippen molar-refractivity contribution in [1.29, 1.82) is 0 Å². The Balaban J connectivity index is 1.90. The van der Waals surface area contributed by atoms with Crippen LogP contribution in [0.15, 0.2) is 6.07 Å². The van der Waals surface area contributed by atoms with Crippen LogP contribution in [-0.2, 0) is 17.6 Å². The van der Waals surface area contributed by atoms with Crippen LogP contribution in [0.25, 0.3) is 0 Å². The normalized spacial score (nSPS) is 18.1. The predicted octanol–water partition coefficient (Wildman–Crippen LogP) is 1.38. The Hall–Kier alpha value is -1.62. The number of nitrogens with zero attached hydrogens (tertiary/aromatic N) is 1. The molecule has 5 nitrogen and oxygen atoms in total. The molecule has 0 unspecified atom stereocenters. The van der Waals surface area contributed by atoms with Crippen LogP contribution in [-0.4, -0.2) is 37.7 Å². The van der Waals surface area contributed by atoms with Crippen LogP contribution < -0.4 is 10.6 Å². The van der Waals surface area contributed by atoms with Crippen molar-refractivity contribution in [1.82, 2.24) is 10.3 Å². The van der Waals surface area contributed by atoms with E-state index in [2.05, 4.69) is 10.6 Å². The summed E-state index contributed by atoms with van der Waals surface area (Å²) in [6, 6.07) is 1.95. The highest BCUT2D eigenvalue weighted by Crippen LogP contribution is 2.29. The third-order valence-electron chi connectivity index (χ3n) is 3.96. The van der Waals surface area contributed by atoms with Crippen molar-refractivity contribution in [2.75, 3.05) is 32.1 Å². The first kappa shape index (κ1) is 13.4. The van der Waals surface area contributed by atoms with E-state index < -0.39 is 0 Å². The number of carbonyl (C=O) groups excluding carboxylic acids is 1. The molecule has 1 aliphatic heterocycles. The predicted molar refractivity (Wildman–Crippen MR) is 77.1 cm³/mol. The van der Waals surface area contributed by atoms with Gasteiger partial charge in [-0.25, -0.2) is 9.78 Å². The summed E-state index contributed by atoms with van der Waals surface area (Å²) in [6.45, 7) is 2.78. The van der Waals surface area contributed by atoms with Gasteiger partial charge in [0.2, 0.25) is 0 Å². The minimum atomic E-state index is -0.309. The first-order chi connectivity index (χ1) is 9.78. The molecule has 5 heteroatoms. The van der Waals surface area contributed by atoms with E-state index in [9.17, 15) is 4.79 Å². The van der Waals surface area contributed by atoms with Gasteiger partial charge in [0.25, 0.3) is 0 Å². The number of anilines is 1. The fourth-order valence-corrected chi connectivity index (χ4v) is 2.54. The summed E-state index contributed by atoms with van der Waals surface area (Å²) in [5, 5.41) is 6.69. The summed E-state index contributed by atoms with van der Waals surface area (Å²) in [7, 11) is 1.42. The molecule has 1 aromatic rings. The molecule has 0 aromatic carbocycles. The van der Waals surface area contributed by atoms with Gasteiger partial charge >= 0.3 is 5.97 Å². The van der Waals surface area contributed by atoms with E-state index in [0.717, 1.165) is 49.7 Å². The Bertz CT molecular complexity index is 512. The van der Waals surface area contributed by atoms with Gasteiger partial charge in [0.05, 0.1) is 7.11 Å². The summed E-state index contributed by atoms with van der Waals surface area (Å²) in [6.07, 6.45) is 4.37. The molecule has 1 aliphatic carbocycles. The van der Waals surface area contributed by atoms with Crippen LogP contribution in [0.1, 0.15) is 34.5 Å². The summed E-state index contributed by atoms with van der Waals surface area (Å²) >= 11 is 0. The molecular formula is C15H21N3O2. The van der Waals surface area contributed by atoms with Crippen molar-refractivity contribution in [3.05, 3.63) is 22.9 Å². The molecule has 0 spiro atoms. The van der Waals surface area contributed by atoms with Gasteiger partial charge in [-0.15, -0.1) is 0 Å². The Morgan fingerprint density at radius 2 is 2.25 bits per heavy atom. The SMILES string of the molecule is COC(=O)c1cc2c(nc1NCC1CC1)CCNCC2. The molecule has 2 N–H and O–H groups in total. The zero-order chi connectivity index (χ0) is 13.9. The summed E-state index contributed by atoms with van der Waals surface area (Å²) in [5.41, 5.74) is 2.82. The van der Waals surface area contributed by atoms with Crippen LogP contribution in [0.5, 0.6) is 0 Å². The molecular weight excluding hydrogens is 254 g/mol. The lowest BCUT2D eigenvalue weighted by molar-refractivity contribution is 0.0601. The van der Waals surface area contributed by atoms with Gasteiger partial charge in [0, 0.05) is 25.2 Å². The van der Waals surface area contributed by atoms with Gasteiger partial charge in [0.15, 0.2) is 0 Å². The maximum Gasteiger partial charge on any atom is 0.341 e. The second-order valence-corrected chi connectivity index (χ2v) is 5.56. The molecule has 3 rings (SSSR count).